The average molecular weight is 407 g/mol. The summed E-state index contributed by atoms with van der Waals surface area (Å²) in [5.74, 6) is 0.341. The van der Waals surface area contributed by atoms with Gasteiger partial charge in [0, 0.05) is 30.1 Å². The highest BCUT2D eigenvalue weighted by Gasteiger charge is 2.28. The summed E-state index contributed by atoms with van der Waals surface area (Å²) < 4.78 is 27.1. The number of carbonyl (C=O) groups excluding carboxylic acids is 1. The number of carbonyl (C=O) groups is 1. The smallest absolute Gasteiger partial charge is 0.243 e. The third kappa shape index (κ3) is 5.40. The molecule has 146 valence electrons. The van der Waals surface area contributed by atoms with Gasteiger partial charge in [0.15, 0.2) is 0 Å². The van der Waals surface area contributed by atoms with Gasteiger partial charge >= 0.3 is 0 Å². The first-order valence-corrected chi connectivity index (χ1v) is 11.7. The van der Waals surface area contributed by atoms with Crippen LogP contribution in [0.4, 0.5) is 5.69 Å². The number of aryl methyl sites for hydroxylation is 1. The predicted molar refractivity (Wildman–Crippen MR) is 109 cm³/mol. The number of amides is 1. The number of hydrogen-bond acceptors (Lipinski definition) is 4. The van der Waals surface area contributed by atoms with Crippen LogP contribution in [0.3, 0.4) is 0 Å². The van der Waals surface area contributed by atoms with Crippen LogP contribution < -0.4 is 5.32 Å². The molecule has 5 nitrogen and oxygen atoms in total. The minimum Gasteiger partial charge on any atom is -0.326 e. The Labute approximate surface area is 165 Å². The van der Waals surface area contributed by atoms with Crippen LogP contribution in [0.25, 0.3) is 0 Å². The molecule has 1 N–H and O–H groups in total. The molecule has 0 aliphatic carbocycles. The summed E-state index contributed by atoms with van der Waals surface area (Å²) in [6, 6.07) is 10.6. The molecule has 2 aromatic rings. The van der Waals surface area contributed by atoms with Crippen LogP contribution in [-0.2, 0) is 21.2 Å². The van der Waals surface area contributed by atoms with E-state index in [1.54, 1.807) is 39.9 Å². The maximum Gasteiger partial charge on any atom is 0.243 e. The van der Waals surface area contributed by atoms with E-state index in [1.165, 1.54) is 4.88 Å². The van der Waals surface area contributed by atoms with Crippen LogP contribution in [0.15, 0.2) is 46.7 Å². The van der Waals surface area contributed by atoms with E-state index in [-0.39, 0.29) is 10.8 Å². The molecule has 27 heavy (non-hydrogen) atoms. The SMILES string of the molecule is CC1CCCN(S(=O)(=O)c2ccc(NC(=O)CCCc3cccs3)cc2)C1. The zero-order chi connectivity index (χ0) is 19.3. The Kier molecular flexibility index (Phi) is 6.68. The summed E-state index contributed by atoms with van der Waals surface area (Å²) in [5, 5.41) is 4.88. The molecule has 0 spiro atoms. The summed E-state index contributed by atoms with van der Waals surface area (Å²) >= 11 is 1.70. The topological polar surface area (TPSA) is 66.5 Å². The van der Waals surface area contributed by atoms with Crippen molar-refractivity contribution in [3.63, 3.8) is 0 Å². The van der Waals surface area contributed by atoms with Crippen molar-refractivity contribution in [1.82, 2.24) is 4.31 Å². The van der Waals surface area contributed by atoms with Crippen LogP contribution >= 0.6 is 11.3 Å². The Hall–Kier alpha value is -1.70. The highest BCUT2D eigenvalue weighted by atomic mass is 32.2. The lowest BCUT2D eigenvalue weighted by Gasteiger charge is -2.30. The summed E-state index contributed by atoms with van der Waals surface area (Å²) in [4.78, 5) is 13.6. The van der Waals surface area contributed by atoms with Gasteiger partial charge in [-0.25, -0.2) is 8.42 Å². The minimum absolute atomic E-state index is 0.0491. The van der Waals surface area contributed by atoms with Crippen LogP contribution in [-0.4, -0.2) is 31.7 Å². The van der Waals surface area contributed by atoms with Crippen molar-refractivity contribution in [3.8, 4) is 0 Å². The van der Waals surface area contributed by atoms with E-state index in [0.29, 0.717) is 31.1 Å². The van der Waals surface area contributed by atoms with Gasteiger partial charge in [-0.3, -0.25) is 4.79 Å². The fourth-order valence-corrected chi connectivity index (χ4v) is 5.68. The van der Waals surface area contributed by atoms with Crippen LogP contribution in [0.2, 0.25) is 0 Å². The van der Waals surface area contributed by atoms with E-state index in [9.17, 15) is 13.2 Å². The molecule has 0 saturated carbocycles. The highest BCUT2D eigenvalue weighted by molar-refractivity contribution is 7.89. The average Bonchev–Trinajstić information content (AvgIpc) is 3.15. The van der Waals surface area contributed by atoms with Gasteiger partial charge in [0.1, 0.15) is 0 Å². The number of piperidine rings is 1. The van der Waals surface area contributed by atoms with E-state index in [4.69, 9.17) is 0 Å². The Morgan fingerprint density at radius 1 is 1.26 bits per heavy atom. The number of anilines is 1. The molecule has 1 amide bonds. The Morgan fingerprint density at radius 3 is 2.70 bits per heavy atom. The lowest BCUT2D eigenvalue weighted by Crippen LogP contribution is -2.39. The third-order valence-electron chi connectivity index (χ3n) is 4.80. The third-order valence-corrected chi connectivity index (χ3v) is 7.62. The van der Waals surface area contributed by atoms with Gasteiger partial charge < -0.3 is 5.32 Å². The van der Waals surface area contributed by atoms with Crippen molar-refractivity contribution in [3.05, 3.63) is 46.7 Å². The number of rotatable bonds is 7. The fourth-order valence-electron chi connectivity index (χ4n) is 3.33. The van der Waals surface area contributed by atoms with Gasteiger partial charge in [-0.2, -0.15) is 4.31 Å². The monoisotopic (exact) mass is 406 g/mol. The van der Waals surface area contributed by atoms with Crippen molar-refractivity contribution in [2.24, 2.45) is 5.92 Å². The van der Waals surface area contributed by atoms with Crippen molar-refractivity contribution in [1.29, 1.82) is 0 Å². The first-order chi connectivity index (χ1) is 12.9. The van der Waals surface area contributed by atoms with Crippen LogP contribution in [0, 0.1) is 5.92 Å². The summed E-state index contributed by atoms with van der Waals surface area (Å²) in [6.45, 7) is 3.24. The molecule has 1 aromatic carbocycles. The van der Waals surface area contributed by atoms with Gasteiger partial charge in [0.05, 0.1) is 4.90 Å². The minimum atomic E-state index is -3.46. The molecule has 7 heteroatoms. The number of thiophene rings is 1. The molecule has 3 rings (SSSR count). The molecule has 1 fully saturated rings. The van der Waals surface area contributed by atoms with E-state index >= 15 is 0 Å². The maximum absolute atomic E-state index is 12.8. The predicted octanol–water partition coefficient (Wildman–Crippen LogP) is 4.13. The molecule has 1 aliphatic rings. The van der Waals surface area contributed by atoms with Crippen molar-refractivity contribution < 1.29 is 13.2 Å². The summed E-state index contributed by atoms with van der Waals surface area (Å²) in [7, 11) is -3.46. The lowest BCUT2D eigenvalue weighted by atomic mass is 10.0. The normalized spacial score (nSPS) is 18.3. The standard InChI is InChI=1S/C20H26N2O3S2/c1-16-5-3-13-22(15-16)27(24,25)19-11-9-17(10-12-19)21-20(23)8-2-6-18-7-4-14-26-18/h4,7,9-12,14,16H,2-3,5-6,8,13,15H2,1H3,(H,21,23). The number of hydrogen-bond donors (Lipinski definition) is 1. The number of nitrogens with zero attached hydrogens (tertiary/aromatic N) is 1. The summed E-state index contributed by atoms with van der Waals surface area (Å²) in [5.41, 5.74) is 0.627. The molecule has 0 radical (unpaired) electrons. The number of benzene rings is 1. The molecule has 1 aromatic heterocycles. The number of sulfonamides is 1. The zero-order valence-electron chi connectivity index (χ0n) is 15.6. The van der Waals surface area contributed by atoms with Crippen molar-refractivity contribution in [2.45, 2.75) is 43.9 Å². The van der Waals surface area contributed by atoms with Crippen molar-refractivity contribution in [2.75, 3.05) is 18.4 Å². The van der Waals surface area contributed by atoms with Gasteiger partial charge in [0.2, 0.25) is 15.9 Å². The highest BCUT2D eigenvalue weighted by Crippen LogP contribution is 2.24. The Balaban J connectivity index is 1.54. The van der Waals surface area contributed by atoms with Gasteiger partial charge in [-0.05, 0) is 67.3 Å². The number of nitrogens with one attached hydrogen (secondary N) is 1. The Morgan fingerprint density at radius 2 is 2.04 bits per heavy atom. The molecule has 1 unspecified atom stereocenters. The second kappa shape index (κ2) is 8.99. The maximum atomic E-state index is 12.8. The molecule has 1 atom stereocenters. The molecule has 1 saturated heterocycles. The molecule has 2 heterocycles. The molecule has 1 aliphatic heterocycles. The first-order valence-electron chi connectivity index (χ1n) is 9.37. The van der Waals surface area contributed by atoms with E-state index in [1.807, 2.05) is 11.4 Å². The molecular weight excluding hydrogens is 380 g/mol. The summed E-state index contributed by atoms with van der Waals surface area (Å²) in [6.07, 6.45) is 4.12. The second-order valence-electron chi connectivity index (χ2n) is 7.12. The second-order valence-corrected chi connectivity index (χ2v) is 10.1. The van der Waals surface area contributed by atoms with Crippen molar-refractivity contribution >= 4 is 33.0 Å². The quantitative estimate of drug-likeness (QED) is 0.752. The largest absolute Gasteiger partial charge is 0.326 e. The lowest BCUT2D eigenvalue weighted by molar-refractivity contribution is -0.116. The molecular formula is C20H26N2O3S2. The van der Waals surface area contributed by atoms with Crippen LogP contribution in [0.5, 0.6) is 0 Å². The van der Waals surface area contributed by atoms with E-state index in [0.717, 1.165) is 25.7 Å². The Bertz CT molecular complexity index is 846. The molecule has 0 bridgehead atoms. The first kappa shape index (κ1) is 20.0. The zero-order valence-corrected chi connectivity index (χ0v) is 17.2. The van der Waals surface area contributed by atoms with E-state index in [2.05, 4.69) is 18.3 Å². The van der Waals surface area contributed by atoms with E-state index < -0.39 is 10.0 Å². The van der Waals surface area contributed by atoms with Gasteiger partial charge in [0.25, 0.3) is 0 Å². The van der Waals surface area contributed by atoms with Gasteiger partial charge in [-0.1, -0.05) is 13.0 Å². The fraction of sp³-hybridized carbons (Fsp3) is 0.450. The van der Waals surface area contributed by atoms with Gasteiger partial charge in [-0.15, -0.1) is 11.3 Å². The van der Waals surface area contributed by atoms with Crippen LogP contribution in [0.1, 0.15) is 37.5 Å².